The zero-order chi connectivity index (χ0) is 14.1. The van der Waals surface area contributed by atoms with Crippen molar-refractivity contribution in [1.82, 2.24) is 5.32 Å². The quantitative estimate of drug-likeness (QED) is 0.340. The van der Waals surface area contributed by atoms with Gasteiger partial charge in [0.05, 0.1) is 12.0 Å². The molecule has 0 saturated carbocycles. The minimum Gasteiger partial charge on any atom is -0.480 e. The summed E-state index contributed by atoms with van der Waals surface area (Å²) in [6.45, 7) is 2.75. The van der Waals surface area contributed by atoms with Crippen LogP contribution >= 0.6 is 11.8 Å². The highest BCUT2D eigenvalue weighted by molar-refractivity contribution is 8.01. The topological polar surface area (TPSA) is 130 Å². The van der Waals surface area contributed by atoms with E-state index in [4.69, 9.17) is 10.2 Å². The van der Waals surface area contributed by atoms with Gasteiger partial charge in [-0.3, -0.25) is 10.1 Å². The largest absolute Gasteiger partial charge is 0.480 e. The van der Waals surface area contributed by atoms with Crippen LogP contribution in [0.5, 0.6) is 0 Å². The number of aliphatic carboxylic acids is 1. The number of carbonyl (C=O) groups is 1. The summed E-state index contributed by atoms with van der Waals surface area (Å²) in [7, 11) is 0. The molecule has 1 aliphatic rings. The summed E-state index contributed by atoms with van der Waals surface area (Å²) in [4.78, 5) is 11.0. The molecule has 0 radical (unpaired) electrons. The molecule has 1 aliphatic heterocycles. The second-order valence-corrected chi connectivity index (χ2v) is 6.61. The van der Waals surface area contributed by atoms with E-state index in [0.717, 1.165) is 0 Å². The van der Waals surface area contributed by atoms with E-state index in [1.165, 1.54) is 11.8 Å². The molecule has 0 amide bonds. The molecule has 0 spiro atoms. The molecule has 8 heteroatoms. The third-order valence-electron chi connectivity index (χ3n) is 2.95. The first-order chi connectivity index (χ1) is 8.20. The predicted octanol–water partition coefficient (Wildman–Crippen LogP) is -2.04. The van der Waals surface area contributed by atoms with Gasteiger partial charge in [-0.2, -0.15) is 0 Å². The summed E-state index contributed by atoms with van der Waals surface area (Å²) in [5.41, 5.74) is 0. The SMILES string of the molecule is CC1(C)SC(C(O)C(O)C(O)CO)NC1C(=O)O. The van der Waals surface area contributed by atoms with Crippen molar-refractivity contribution in [2.75, 3.05) is 6.61 Å². The van der Waals surface area contributed by atoms with Crippen LogP contribution in [-0.4, -0.2) is 72.6 Å². The van der Waals surface area contributed by atoms with E-state index in [9.17, 15) is 20.1 Å². The summed E-state index contributed by atoms with van der Waals surface area (Å²) in [5.74, 6) is -1.04. The van der Waals surface area contributed by atoms with Gasteiger partial charge >= 0.3 is 5.97 Å². The van der Waals surface area contributed by atoms with Crippen LogP contribution in [0.4, 0.5) is 0 Å². The highest BCUT2D eigenvalue weighted by atomic mass is 32.2. The summed E-state index contributed by atoms with van der Waals surface area (Å²) in [6.07, 6.45) is -4.38. The number of hydrogen-bond acceptors (Lipinski definition) is 7. The Morgan fingerprint density at radius 3 is 2.33 bits per heavy atom. The van der Waals surface area contributed by atoms with E-state index in [0.29, 0.717) is 0 Å². The van der Waals surface area contributed by atoms with Crippen molar-refractivity contribution < 1.29 is 30.3 Å². The first-order valence-electron chi connectivity index (χ1n) is 5.52. The summed E-state index contributed by atoms with van der Waals surface area (Å²) < 4.78 is -0.651. The maximum atomic E-state index is 11.0. The number of nitrogens with one attached hydrogen (secondary N) is 1. The Balaban J connectivity index is 2.73. The van der Waals surface area contributed by atoms with Crippen LogP contribution in [0, 0.1) is 0 Å². The van der Waals surface area contributed by atoms with Gasteiger partial charge in [-0.1, -0.05) is 0 Å². The lowest BCUT2D eigenvalue weighted by Crippen LogP contribution is -2.51. The van der Waals surface area contributed by atoms with Crippen molar-refractivity contribution >= 4 is 17.7 Å². The lowest BCUT2D eigenvalue weighted by Gasteiger charge is -2.26. The maximum absolute atomic E-state index is 11.0. The van der Waals surface area contributed by atoms with E-state index in [2.05, 4.69) is 5.32 Å². The van der Waals surface area contributed by atoms with Crippen molar-refractivity contribution in [2.45, 2.75) is 48.3 Å². The summed E-state index contributed by atoms with van der Waals surface area (Å²) in [6, 6.07) is -0.861. The highest BCUT2D eigenvalue weighted by Crippen LogP contribution is 2.39. The molecule has 7 nitrogen and oxygen atoms in total. The molecule has 0 aliphatic carbocycles. The number of aliphatic hydroxyl groups is 4. The standard InChI is InChI=1S/C10H19NO6S/c1-10(2)7(9(16)17)11-8(18-10)6(15)5(14)4(13)3-12/h4-8,11-15H,3H2,1-2H3,(H,16,17). The van der Waals surface area contributed by atoms with E-state index in [-0.39, 0.29) is 0 Å². The van der Waals surface area contributed by atoms with Crippen molar-refractivity contribution in [3.63, 3.8) is 0 Å². The van der Waals surface area contributed by atoms with Crippen LogP contribution in [0.1, 0.15) is 13.8 Å². The molecule has 0 aromatic heterocycles. The molecule has 1 saturated heterocycles. The third-order valence-corrected chi connectivity index (χ3v) is 4.46. The van der Waals surface area contributed by atoms with E-state index in [1.54, 1.807) is 13.8 Å². The molecule has 0 bridgehead atoms. The number of rotatable bonds is 5. The van der Waals surface area contributed by atoms with Crippen LogP contribution in [0.15, 0.2) is 0 Å². The second-order valence-electron chi connectivity index (χ2n) is 4.81. The first-order valence-corrected chi connectivity index (χ1v) is 6.40. The van der Waals surface area contributed by atoms with Crippen molar-refractivity contribution in [2.24, 2.45) is 0 Å². The summed E-state index contributed by atoms with van der Waals surface area (Å²) >= 11 is 1.17. The average Bonchev–Trinajstić information content (AvgIpc) is 2.62. The fourth-order valence-electron chi connectivity index (χ4n) is 1.85. The number of thioether (sulfide) groups is 1. The molecule has 5 unspecified atom stereocenters. The van der Waals surface area contributed by atoms with Crippen molar-refractivity contribution in [1.29, 1.82) is 0 Å². The van der Waals surface area contributed by atoms with Gasteiger partial charge in [0.15, 0.2) is 0 Å². The van der Waals surface area contributed by atoms with Crippen LogP contribution in [-0.2, 0) is 4.79 Å². The Hall–Kier alpha value is -0.380. The van der Waals surface area contributed by atoms with Gasteiger partial charge in [0.25, 0.3) is 0 Å². The monoisotopic (exact) mass is 281 g/mol. The minimum absolute atomic E-state index is 0.651. The molecule has 5 atom stereocenters. The highest BCUT2D eigenvalue weighted by Gasteiger charge is 2.48. The zero-order valence-corrected chi connectivity index (χ0v) is 11.0. The molecule has 1 fully saturated rings. The molecule has 0 aromatic carbocycles. The number of aliphatic hydroxyl groups excluding tert-OH is 4. The lowest BCUT2D eigenvalue weighted by molar-refractivity contribution is -0.140. The Bertz CT molecular complexity index is 313. The van der Waals surface area contributed by atoms with Gasteiger partial charge in [0.1, 0.15) is 24.4 Å². The van der Waals surface area contributed by atoms with Crippen LogP contribution < -0.4 is 5.32 Å². The predicted molar refractivity (Wildman–Crippen MR) is 65.1 cm³/mol. The molecule has 106 valence electrons. The van der Waals surface area contributed by atoms with Crippen LogP contribution in [0.25, 0.3) is 0 Å². The average molecular weight is 281 g/mol. The lowest BCUT2D eigenvalue weighted by atomic mass is 10.0. The van der Waals surface area contributed by atoms with Gasteiger partial charge in [-0.15, -0.1) is 11.8 Å². The third kappa shape index (κ3) is 3.14. The molecular weight excluding hydrogens is 262 g/mol. The molecule has 18 heavy (non-hydrogen) atoms. The Labute approximate surface area is 109 Å². The van der Waals surface area contributed by atoms with Gasteiger partial charge in [0.2, 0.25) is 0 Å². The van der Waals surface area contributed by atoms with Crippen LogP contribution in [0.2, 0.25) is 0 Å². The van der Waals surface area contributed by atoms with E-state index >= 15 is 0 Å². The molecule has 6 N–H and O–H groups in total. The Morgan fingerprint density at radius 1 is 1.39 bits per heavy atom. The Kier molecular flexibility index (Phi) is 4.98. The molecular formula is C10H19NO6S. The zero-order valence-electron chi connectivity index (χ0n) is 10.1. The number of carboxylic acids is 1. The van der Waals surface area contributed by atoms with Gasteiger partial charge in [-0.05, 0) is 13.8 Å². The number of hydrogen-bond donors (Lipinski definition) is 6. The van der Waals surface area contributed by atoms with Crippen molar-refractivity contribution in [3.8, 4) is 0 Å². The van der Waals surface area contributed by atoms with Gasteiger partial charge in [-0.25, -0.2) is 0 Å². The fraction of sp³-hybridized carbons (Fsp3) is 0.900. The minimum atomic E-state index is -1.54. The van der Waals surface area contributed by atoms with E-state index in [1.807, 2.05) is 0 Å². The van der Waals surface area contributed by atoms with Crippen LogP contribution in [0.3, 0.4) is 0 Å². The van der Waals surface area contributed by atoms with Gasteiger partial charge in [0, 0.05) is 4.75 Å². The first kappa shape index (κ1) is 15.7. The van der Waals surface area contributed by atoms with Gasteiger partial charge < -0.3 is 25.5 Å². The normalized spacial score (nSPS) is 31.9. The Morgan fingerprint density at radius 2 is 1.94 bits per heavy atom. The smallest absolute Gasteiger partial charge is 0.322 e. The number of carboxylic acid groups (broad SMARTS) is 1. The summed E-state index contributed by atoms with van der Waals surface area (Å²) in [5, 5.41) is 48.4. The molecule has 0 aromatic rings. The molecule has 1 rings (SSSR count). The van der Waals surface area contributed by atoms with E-state index < -0.39 is 47.1 Å². The molecule has 1 heterocycles. The van der Waals surface area contributed by atoms with Crippen molar-refractivity contribution in [3.05, 3.63) is 0 Å². The fourth-order valence-corrected chi connectivity index (χ4v) is 3.31. The maximum Gasteiger partial charge on any atom is 0.322 e. The second kappa shape index (κ2) is 5.72.